The zero-order chi connectivity index (χ0) is 20.9. The molecule has 0 spiro atoms. The molecular weight excluding hydrogens is 456 g/mol. The van der Waals surface area contributed by atoms with Crippen molar-refractivity contribution in [3.63, 3.8) is 0 Å². The minimum absolute atomic E-state index is 0.0700. The van der Waals surface area contributed by atoms with Gasteiger partial charge in [0.05, 0.1) is 17.0 Å². The third-order valence-corrected chi connectivity index (χ3v) is 6.91. The van der Waals surface area contributed by atoms with Gasteiger partial charge in [-0.2, -0.15) is 0 Å². The zero-order valence-electron chi connectivity index (χ0n) is 16.2. The molecule has 1 aliphatic rings. The molecule has 6 nitrogen and oxygen atoms in total. The maximum atomic E-state index is 12.6. The van der Waals surface area contributed by atoms with Gasteiger partial charge in [-0.05, 0) is 61.2 Å². The third kappa shape index (κ3) is 5.88. The molecular formula is C21H25BrN2O4S. The molecule has 2 unspecified atom stereocenters. The second-order valence-electron chi connectivity index (χ2n) is 7.00. The van der Waals surface area contributed by atoms with E-state index in [0.717, 1.165) is 29.3 Å². The molecule has 1 heterocycles. The van der Waals surface area contributed by atoms with Crippen LogP contribution in [0.1, 0.15) is 48.1 Å². The summed E-state index contributed by atoms with van der Waals surface area (Å²) in [6.07, 6.45) is 2.49. The molecule has 0 radical (unpaired) electrons. The Morgan fingerprint density at radius 3 is 2.45 bits per heavy atom. The molecule has 0 saturated carbocycles. The van der Waals surface area contributed by atoms with Crippen molar-refractivity contribution in [1.82, 2.24) is 10.0 Å². The minimum atomic E-state index is -3.63. The summed E-state index contributed by atoms with van der Waals surface area (Å²) in [5, 5.41) is 3.00. The summed E-state index contributed by atoms with van der Waals surface area (Å²) in [4.78, 5) is 12.7. The molecule has 2 aromatic carbocycles. The molecule has 0 bridgehead atoms. The number of hydrogen-bond acceptors (Lipinski definition) is 4. The van der Waals surface area contributed by atoms with E-state index >= 15 is 0 Å². The van der Waals surface area contributed by atoms with Crippen LogP contribution in [0.3, 0.4) is 0 Å². The highest BCUT2D eigenvalue weighted by Gasteiger charge is 2.21. The quantitative estimate of drug-likeness (QED) is 0.601. The number of carbonyl (C=O) groups is 1. The fourth-order valence-corrected chi connectivity index (χ4v) is 4.57. The fraction of sp³-hybridized carbons (Fsp3) is 0.381. The number of nitrogens with one attached hydrogen (secondary N) is 2. The van der Waals surface area contributed by atoms with Crippen LogP contribution < -0.4 is 10.0 Å². The van der Waals surface area contributed by atoms with E-state index in [1.807, 2.05) is 31.2 Å². The van der Waals surface area contributed by atoms with Crippen LogP contribution in [0.15, 0.2) is 57.9 Å². The second kappa shape index (κ2) is 9.84. The van der Waals surface area contributed by atoms with Gasteiger partial charge in [0.2, 0.25) is 10.0 Å². The molecule has 1 aliphatic heterocycles. The smallest absolute Gasteiger partial charge is 0.251 e. The molecule has 3 rings (SSSR count). The lowest BCUT2D eigenvalue weighted by molar-refractivity contribution is 0.0935. The minimum Gasteiger partial charge on any atom is -0.377 e. The number of rotatable bonds is 8. The fourth-order valence-electron chi connectivity index (χ4n) is 3.23. The Hall–Kier alpha value is -1.74. The second-order valence-corrected chi connectivity index (χ2v) is 9.68. The average Bonchev–Trinajstić information content (AvgIpc) is 3.25. The summed E-state index contributed by atoms with van der Waals surface area (Å²) >= 11 is 3.41. The van der Waals surface area contributed by atoms with E-state index in [0.29, 0.717) is 12.2 Å². The molecule has 0 aliphatic carbocycles. The van der Waals surface area contributed by atoms with Crippen molar-refractivity contribution < 1.29 is 17.9 Å². The van der Waals surface area contributed by atoms with Gasteiger partial charge in [-0.1, -0.05) is 35.0 Å². The van der Waals surface area contributed by atoms with Gasteiger partial charge in [0.1, 0.15) is 0 Å². The van der Waals surface area contributed by atoms with Crippen molar-refractivity contribution in [2.24, 2.45) is 0 Å². The van der Waals surface area contributed by atoms with Crippen LogP contribution >= 0.6 is 15.9 Å². The Morgan fingerprint density at radius 2 is 1.86 bits per heavy atom. The first-order chi connectivity index (χ1) is 13.9. The molecule has 1 saturated heterocycles. The van der Waals surface area contributed by atoms with E-state index in [-0.39, 0.29) is 29.5 Å². The summed E-state index contributed by atoms with van der Waals surface area (Å²) in [6.45, 7) is 2.94. The number of carbonyl (C=O) groups excluding carboxylic acids is 1. The highest BCUT2D eigenvalue weighted by molar-refractivity contribution is 9.10. The van der Waals surface area contributed by atoms with Gasteiger partial charge in [-0.15, -0.1) is 0 Å². The van der Waals surface area contributed by atoms with Crippen molar-refractivity contribution in [2.75, 3.05) is 13.2 Å². The van der Waals surface area contributed by atoms with E-state index in [1.54, 1.807) is 0 Å². The maximum absolute atomic E-state index is 12.6. The first-order valence-corrected chi connectivity index (χ1v) is 11.9. The first kappa shape index (κ1) is 22.0. The van der Waals surface area contributed by atoms with Crippen molar-refractivity contribution >= 4 is 31.9 Å². The van der Waals surface area contributed by atoms with Gasteiger partial charge in [0.25, 0.3) is 5.91 Å². The van der Waals surface area contributed by atoms with Gasteiger partial charge in [0.15, 0.2) is 0 Å². The van der Waals surface area contributed by atoms with Crippen LogP contribution in [-0.2, 0) is 14.8 Å². The summed E-state index contributed by atoms with van der Waals surface area (Å²) in [5.41, 5.74) is 1.43. The lowest BCUT2D eigenvalue weighted by Crippen LogP contribution is -2.32. The molecule has 8 heteroatoms. The van der Waals surface area contributed by atoms with Gasteiger partial charge in [-0.3, -0.25) is 4.79 Å². The van der Waals surface area contributed by atoms with Gasteiger partial charge in [-0.25, -0.2) is 13.1 Å². The first-order valence-electron chi connectivity index (χ1n) is 9.66. The maximum Gasteiger partial charge on any atom is 0.251 e. The highest BCUT2D eigenvalue weighted by Crippen LogP contribution is 2.20. The van der Waals surface area contributed by atoms with Crippen molar-refractivity contribution in [1.29, 1.82) is 0 Å². The molecule has 156 valence electrons. The number of ether oxygens (including phenoxy) is 1. The Bertz CT molecular complexity index is 924. The van der Waals surface area contributed by atoms with E-state index in [4.69, 9.17) is 4.74 Å². The molecule has 2 atom stereocenters. The van der Waals surface area contributed by atoms with Gasteiger partial charge in [0, 0.05) is 23.2 Å². The lowest BCUT2D eigenvalue weighted by atomic mass is 10.0. The summed E-state index contributed by atoms with van der Waals surface area (Å²) in [5.74, 6) is -0.240. The van der Waals surface area contributed by atoms with Gasteiger partial charge >= 0.3 is 0 Å². The van der Waals surface area contributed by atoms with Gasteiger partial charge < -0.3 is 10.1 Å². The van der Waals surface area contributed by atoms with Crippen molar-refractivity contribution in [3.05, 3.63) is 64.1 Å². The zero-order valence-corrected chi connectivity index (χ0v) is 18.6. The van der Waals surface area contributed by atoms with E-state index in [2.05, 4.69) is 26.0 Å². The SMILES string of the molecule is CCC(NC(=O)c1ccc(S(=O)(=O)NCC2CCCO2)cc1)c1ccc(Br)cc1. The standard InChI is InChI=1S/C21H25BrN2O4S/c1-2-20(15-5-9-17(22)10-6-15)24-21(25)16-7-11-19(12-8-16)29(26,27)23-14-18-4-3-13-28-18/h5-12,18,20,23H,2-4,13-14H2,1H3,(H,24,25). The number of halogens is 1. The average molecular weight is 481 g/mol. The van der Waals surface area contributed by atoms with Crippen molar-refractivity contribution in [2.45, 2.75) is 43.2 Å². The van der Waals surface area contributed by atoms with Crippen LogP contribution in [0.25, 0.3) is 0 Å². The molecule has 2 aromatic rings. The highest BCUT2D eigenvalue weighted by atomic mass is 79.9. The Morgan fingerprint density at radius 1 is 1.17 bits per heavy atom. The van der Waals surface area contributed by atoms with Crippen LogP contribution in [0, 0.1) is 0 Å². The topological polar surface area (TPSA) is 84.5 Å². The molecule has 0 aromatic heterocycles. The normalized spacial score (nSPS) is 17.8. The number of hydrogen-bond donors (Lipinski definition) is 2. The monoisotopic (exact) mass is 480 g/mol. The van der Waals surface area contributed by atoms with Crippen LogP contribution in [-0.4, -0.2) is 33.6 Å². The molecule has 1 amide bonds. The summed E-state index contributed by atoms with van der Waals surface area (Å²) in [7, 11) is -3.63. The van der Waals surface area contributed by atoms with Crippen LogP contribution in [0.5, 0.6) is 0 Å². The third-order valence-electron chi connectivity index (χ3n) is 4.94. The Kier molecular flexibility index (Phi) is 7.45. The van der Waals surface area contributed by atoms with E-state index in [9.17, 15) is 13.2 Å². The van der Waals surface area contributed by atoms with E-state index in [1.165, 1.54) is 24.3 Å². The Balaban J connectivity index is 1.63. The number of sulfonamides is 1. The number of benzene rings is 2. The number of amides is 1. The summed E-state index contributed by atoms with van der Waals surface area (Å²) < 4.78 is 33.9. The summed E-state index contributed by atoms with van der Waals surface area (Å²) in [6, 6.07) is 13.7. The molecule has 1 fully saturated rings. The lowest BCUT2D eigenvalue weighted by Gasteiger charge is -2.18. The molecule has 29 heavy (non-hydrogen) atoms. The Labute approximate surface area is 180 Å². The van der Waals surface area contributed by atoms with E-state index < -0.39 is 10.0 Å². The van der Waals surface area contributed by atoms with Crippen molar-refractivity contribution in [3.8, 4) is 0 Å². The predicted octanol–water partition coefficient (Wildman–Crippen LogP) is 3.79. The van der Waals surface area contributed by atoms with Crippen LogP contribution in [0.4, 0.5) is 0 Å². The van der Waals surface area contributed by atoms with Crippen LogP contribution in [0.2, 0.25) is 0 Å². The predicted molar refractivity (Wildman–Crippen MR) is 115 cm³/mol. The largest absolute Gasteiger partial charge is 0.377 e. The molecule has 2 N–H and O–H groups in total.